The van der Waals surface area contributed by atoms with Gasteiger partial charge in [-0.05, 0) is 56.1 Å². The van der Waals surface area contributed by atoms with Crippen LogP contribution in [0.1, 0.15) is 79.6 Å². The van der Waals surface area contributed by atoms with Crippen molar-refractivity contribution >= 4 is 11.7 Å². The maximum atomic E-state index is 14.0. The Morgan fingerprint density at radius 2 is 1.88 bits per heavy atom. The lowest BCUT2D eigenvalue weighted by Gasteiger charge is -2.50. The first-order valence-corrected chi connectivity index (χ1v) is 15.4. The zero-order chi connectivity index (χ0) is 30.4. The van der Waals surface area contributed by atoms with Crippen molar-refractivity contribution in [1.82, 2.24) is 0 Å². The Balaban J connectivity index is 1.55. The van der Waals surface area contributed by atoms with Crippen molar-refractivity contribution in [2.75, 3.05) is 6.61 Å². The first-order chi connectivity index (χ1) is 19.8. The number of hydrogen-bond acceptors (Lipinski definition) is 10. The van der Waals surface area contributed by atoms with Crippen molar-refractivity contribution in [2.24, 2.45) is 22.9 Å². The van der Waals surface area contributed by atoms with Crippen LogP contribution in [0.3, 0.4) is 0 Å². The predicted octanol–water partition coefficient (Wildman–Crippen LogP) is 3.56. The minimum atomic E-state index is -1.81. The number of aliphatic hydroxyl groups excluding tert-OH is 1. The molecule has 5 aliphatic rings. The average Bonchev–Trinajstić information content (AvgIpc) is 3.25. The molecule has 3 fully saturated rings. The first-order valence-electron chi connectivity index (χ1n) is 15.4. The van der Waals surface area contributed by atoms with Gasteiger partial charge >= 0.3 is 5.97 Å². The van der Waals surface area contributed by atoms with E-state index >= 15 is 0 Å². The molecule has 0 aromatic heterocycles. The smallest absolute Gasteiger partial charge is 0.316 e. The van der Waals surface area contributed by atoms with Crippen molar-refractivity contribution in [3.8, 4) is 0 Å². The van der Waals surface area contributed by atoms with Gasteiger partial charge in [0.05, 0.1) is 30.5 Å². The Labute approximate surface area is 248 Å². The summed E-state index contributed by atoms with van der Waals surface area (Å²) in [5.74, 6) is -2.46. The van der Waals surface area contributed by atoms with Gasteiger partial charge in [0.1, 0.15) is 29.4 Å². The number of nitrogens with zero attached hydrogens (tertiary/aromatic N) is 1. The largest absolute Gasteiger partial charge is 0.462 e. The maximum absolute atomic E-state index is 14.0. The minimum Gasteiger partial charge on any atom is -0.462 e. The summed E-state index contributed by atoms with van der Waals surface area (Å²) in [5, 5.41) is 47.8. The summed E-state index contributed by atoms with van der Waals surface area (Å²) in [6.07, 6.45) is 7.06. The molecule has 2 bridgehead atoms. The Morgan fingerprint density at radius 1 is 1.12 bits per heavy atom. The molecule has 42 heavy (non-hydrogen) atoms. The lowest BCUT2D eigenvalue weighted by molar-refractivity contribution is -0.339. The van der Waals surface area contributed by atoms with E-state index in [-0.39, 0.29) is 30.8 Å². The van der Waals surface area contributed by atoms with E-state index in [4.69, 9.17) is 18.9 Å². The van der Waals surface area contributed by atoms with Crippen molar-refractivity contribution in [3.05, 3.63) is 35.5 Å². The van der Waals surface area contributed by atoms with Gasteiger partial charge in [-0.1, -0.05) is 50.2 Å². The molecule has 0 amide bonds. The van der Waals surface area contributed by atoms with Crippen LogP contribution in [-0.4, -0.2) is 86.3 Å². The quantitative estimate of drug-likeness (QED) is 0.205. The molecule has 0 saturated carbocycles. The van der Waals surface area contributed by atoms with Crippen LogP contribution in [0.15, 0.2) is 40.6 Å². The standard InChI is InChI=1S/C32H47NO9/c1-6-25-19(3)10-11-31(42-25)16-23-13-22(41-31)14-26(34)30(5,36)15-18(2)8-7-9-21-17-39-28-27(33-38)20(4)12-24(29(35)40-23)32(21,28)37/h7-9,12,18-19,22-26,28,34,36-38H,6,10-11,13-17H2,1-5H3/b8-7+,21-9+,33-27-/t18-,19-,22-,23-,24-,25+,26?,28+,30?,31+,32+/m0/s1. The molecule has 234 valence electrons. The SMILES string of the molecule is CC[C@H]1O[C@]2(CC[C@@H]1C)C[C@@H]1C[C@@H](CC(O)C(C)(O)C[C@@H](C)/C=C/C=C3\CO[C@@H]4/C(=N\O)C(C)=C[C@@H](C(=O)O1)[C@]34O)O2. The summed E-state index contributed by atoms with van der Waals surface area (Å²) in [5.41, 5.74) is -2.06. The van der Waals surface area contributed by atoms with Crippen molar-refractivity contribution in [3.63, 3.8) is 0 Å². The van der Waals surface area contributed by atoms with Gasteiger partial charge in [-0.2, -0.15) is 0 Å². The number of carbonyl (C=O) groups excluding carboxylic acids is 1. The van der Waals surface area contributed by atoms with Crippen LogP contribution in [0.2, 0.25) is 0 Å². The number of rotatable bonds is 1. The third-order valence-corrected chi connectivity index (χ3v) is 10.0. The molecule has 1 aliphatic carbocycles. The van der Waals surface area contributed by atoms with E-state index < -0.39 is 53.3 Å². The van der Waals surface area contributed by atoms with Gasteiger partial charge in [0, 0.05) is 25.7 Å². The summed E-state index contributed by atoms with van der Waals surface area (Å²) in [6, 6.07) is 0. The molecule has 2 unspecified atom stereocenters. The zero-order valence-electron chi connectivity index (χ0n) is 25.4. The van der Waals surface area contributed by atoms with E-state index in [1.165, 1.54) is 0 Å². The van der Waals surface area contributed by atoms with E-state index in [0.717, 1.165) is 12.8 Å². The number of allylic oxidation sites excluding steroid dienone is 3. The fourth-order valence-electron chi connectivity index (χ4n) is 7.59. The number of fused-ring (bicyclic) bond motifs is 2. The van der Waals surface area contributed by atoms with Crippen molar-refractivity contribution in [2.45, 2.75) is 127 Å². The van der Waals surface area contributed by atoms with E-state index in [1.54, 1.807) is 32.1 Å². The highest BCUT2D eigenvalue weighted by molar-refractivity contribution is 6.06. The third kappa shape index (κ3) is 5.74. The topological polar surface area (TPSA) is 147 Å². The number of aliphatic hydroxyl groups is 3. The lowest BCUT2D eigenvalue weighted by atomic mass is 9.71. The van der Waals surface area contributed by atoms with Crippen LogP contribution in [-0.2, 0) is 23.7 Å². The molecular weight excluding hydrogens is 542 g/mol. The van der Waals surface area contributed by atoms with Crippen LogP contribution >= 0.6 is 0 Å². The number of oxime groups is 1. The predicted molar refractivity (Wildman–Crippen MR) is 154 cm³/mol. The van der Waals surface area contributed by atoms with Crippen LogP contribution in [0.4, 0.5) is 0 Å². The summed E-state index contributed by atoms with van der Waals surface area (Å²) in [7, 11) is 0. The molecule has 4 heterocycles. The Bertz CT molecular complexity index is 1160. The van der Waals surface area contributed by atoms with Gasteiger partial charge < -0.3 is 39.5 Å². The van der Waals surface area contributed by atoms with Crippen molar-refractivity contribution < 1.29 is 44.3 Å². The molecule has 4 N–H and O–H groups in total. The average molecular weight is 590 g/mol. The molecule has 0 radical (unpaired) electrons. The van der Waals surface area contributed by atoms with Gasteiger partial charge in [0.25, 0.3) is 0 Å². The number of carbonyl (C=O) groups is 1. The summed E-state index contributed by atoms with van der Waals surface area (Å²) >= 11 is 0. The highest BCUT2D eigenvalue weighted by Gasteiger charge is 2.60. The van der Waals surface area contributed by atoms with E-state index in [2.05, 4.69) is 19.0 Å². The van der Waals surface area contributed by atoms with Gasteiger partial charge in [0.2, 0.25) is 0 Å². The van der Waals surface area contributed by atoms with Gasteiger partial charge in [-0.15, -0.1) is 0 Å². The molecule has 10 heteroatoms. The second-order valence-corrected chi connectivity index (χ2v) is 13.4. The number of hydrogen-bond donors (Lipinski definition) is 4. The zero-order valence-corrected chi connectivity index (χ0v) is 25.4. The maximum Gasteiger partial charge on any atom is 0.316 e. The van der Waals surface area contributed by atoms with Crippen LogP contribution in [0, 0.1) is 17.8 Å². The molecule has 3 saturated heterocycles. The Hall–Kier alpha value is -2.08. The second kappa shape index (κ2) is 11.8. The van der Waals surface area contributed by atoms with Crippen LogP contribution in [0.5, 0.6) is 0 Å². The van der Waals surface area contributed by atoms with Crippen LogP contribution in [0.25, 0.3) is 0 Å². The first kappa shape index (κ1) is 31.3. The lowest BCUT2D eigenvalue weighted by Crippen LogP contribution is -2.57. The van der Waals surface area contributed by atoms with Gasteiger partial charge in [-0.25, -0.2) is 0 Å². The molecule has 4 aliphatic heterocycles. The normalized spacial score (nSPS) is 49.5. The fraction of sp³-hybridized carbons (Fsp3) is 0.750. The highest BCUT2D eigenvalue weighted by Crippen LogP contribution is 2.47. The summed E-state index contributed by atoms with van der Waals surface area (Å²) in [4.78, 5) is 14.0. The number of esters is 1. The Morgan fingerprint density at radius 3 is 2.60 bits per heavy atom. The molecule has 0 aromatic rings. The van der Waals surface area contributed by atoms with E-state index in [0.29, 0.717) is 42.7 Å². The van der Waals surface area contributed by atoms with E-state index in [1.807, 2.05) is 13.0 Å². The molecule has 10 nitrogen and oxygen atoms in total. The van der Waals surface area contributed by atoms with Gasteiger partial charge in [-0.3, -0.25) is 4.79 Å². The fourth-order valence-corrected chi connectivity index (χ4v) is 7.59. The monoisotopic (exact) mass is 589 g/mol. The van der Waals surface area contributed by atoms with Crippen molar-refractivity contribution in [1.29, 1.82) is 0 Å². The summed E-state index contributed by atoms with van der Waals surface area (Å²) < 4.78 is 25.2. The second-order valence-electron chi connectivity index (χ2n) is 13.4. The molecule has 5 rings (SSSR count). The highest BCUT2D eigenvalue weighted by atomic mass is 16.7. The van der Waals surface area contributed by atoms with Gasteiger partial charge in [0.15, 0.2) is 5.79 Å². The summed E-state index contributed by atoms with van der Waals surface area (Å²) in [6.45, 7) is 9.55. The minimum absolute atomic E-state index is 0.0164. The van der Waals surface area contributed by atoms with Crippen LogP contribution < -0.4 is 0 Å². The molecule has 1 spiro atoms. The number of ether oxygens (including phenoxy) is 4. The van der Waals surface area contributed by atoms with E-state index in [9.17, 15) is 25.3 Å². The third-order valence-electron chi connectivity index (χ3n) is 10.0. The molecular formula is C32H47NO9. The molecule has 0 aromatic carbocycles. The molecule has 11 atom stereocenters. The Kier molecular flexibility index (Phi) is 8.79.